The number of rotatable bonds is 6. The zero-order valence-corrected chi connectivity index (χ0v) is 13.2. The number of nitrogens with one attached hydrogen (secondary N) is 1. The summed E-state index contributed by atoms with van der Waals surface area (Å²) in [6.07, 6.45) is 0.343. The fourth-order valence-electron chi connectivity index (χ4n) is 2.12. The van der Waals surface area contributed by atoms with Gasteiger partial charge in [-0.15, -0.1) is 0 Å². The van der Waals surface area contributed by atoms with Gasteiger partial charge in [0.25, 0.3) is 0 Å². The highest BCUT2D eigenvalue weighted by molar-refractivity contribution is 5.92. The Morgan fingerprint density at radius 2 is 1.82 bits per heavy atom. The molecule has 0 saturated carbocycles. The minimum atomic E-state index is -0.0601. The average molecular weight is 299 g/mol. The van der Waals surface area contributed by atoms with E-state index in [9.17, 15) is 4.79 Å². The van der Waals surface area contributed by atoms with Crippen LogP contribution in [0.15, 0.2) is 42.5 Å². The second kappa shape index (κ2) is 7.50. The quantitative estimate of drug-likeness (QED) is 0.887. The number of anilines is 1. The van der Waals surface area contributed by atoms with Crippen molar-refractivity contribution in [2.24, 2.45) is 0 Å². The Balaban J connectivity index is 2.03. The van der Waals surface area contributed by atoms with Gasteiger partial charge in [0, 0.05) is 11.8 Å². The van der Waals surface area contributed by atoms with Gasteiger partial charge in [-0.25, -0.2) is 0 Å². The van der Waals surface area contributed by atoms with Crippen LogP contribution in [0.2, 0.25) is 0 Å². The molecule has 0 atom stereocenters. The maximum absolute atomic E-state index is 12.1. The zero-order valence-electron chi connectivity index (χ0n) is 13.2. The summed E-state index contributed by atoms with van der Waals surface area (Å²) in [5.74, 6) is 1.21. The van der Waals surface area contributed by atoms with Gasteiger partial charge in [-0.05, 0) is 31.5 Å². The topological polar surface area (TPSA) is 47.6 Å². The highest BCUT2D eigenvalue weighted by Crippen LogP contribution is 2.30. The molecule has 4 heteroatoms. The predicted molar refractivity (Wildman–Crippen MR) is 87.7 cm³/mol. The van der Waals surface area contributed by atoms with E-state index in [1.807, 2.05) is 38.1 Å². The first kappa shape index (κ1) is 15.9. The van der Waals surface area contributed by atoms with Gasteiger partial charge in [-0.1, -0.05) is 29.8 Å². The van der Waals surface area contributed by atoms with Crippen LogP contribution in [0.4, 0.5) is 5.69 Å². The maximum atomic E-state index is 12.1. The number of methoxy groups -OCH3 is 1. The van der Waals surface area contributed by atoms with Gasteiger partial charge < -0.3 is 14.8 Å². The van der Waals surface area contributed by atoms with Crippen molar-refractivity contribution in [2.75, 3.05) is 19.0 Å². The van der Waals surface area contributed by atoms with Crippen LogP contribution in [-0.2, 0) is 11.2 Å². The van der Waals surface area contributed by atoms with Crippen molar-refractivity contribution in [3.8, 4) is 11.5 Å². The van der Waals surface area contributed by atoms with Gasteiger partial charge >= 0.3 is 0 Å². The van der Waals surface area contributed by atoms with E-state index < -0.39 is 0 Å². The Labute approximate surface area is 131 Å². The summed E-state index contributed by atoms with van der Waals surface area (Å²) in [5, 5.41) is 2.87. The molecule has 2 aromatic rings. The smallest absolute Gasteiger partial charge is 0.228 e. The maximum Gasteiger partial charge on any atom is 0.228 e. The third-order valence-electron chi connectivity index (χ3n) is 3.23. The number of hydrogen-bond acceptors (Lipinski definition) is 3. The van der Waals surface area contributed by atoms with Crippen LogP contribution >= 0.6 is 0 Å². The van der Waals surface area contributed by atoms with E-state index in [4.69, 9.17) is 9.47 Å². The lowest BCUT2D eigenvalue weighted by molar-refractivity contribution is -0.115. The van der Waals surface area contributed by atoms with Crippen LogP contribution in [0.1, 0.15) is 18.1 Å². The van der Waals surface area contributed by atoms with Crippen molar-refractivity contribution in [2.45, 2.75) is 20.3 Å². The summed E-state index contributed by atoms with van der Waals surface area (Å²) in [5.41, 5.74) is 2.86. The fourth-order valence-corrected chi connectivity index (χ4v) is 2.12. The summed E-state index contributed by atoms with van der Waals surface area (Å²) in [6, 6.07) is 13.3. The van der Waals surface area contributed by atoms with E-state index in [0.717, 1.165) is 5.56 Å². The lowest BCUT2D eigenvalue weighted by atomic mass is 10.1. The molecule has 0 bridgehead atoms. The summed E-state index contributed by atoms with van der Waals surface area (Å²) in [6.45, 7) is 4.50. The second-order valence-electron chi connectivity index (χ2n) is 5.01. The molecule has 2 rings (SSSR count). The van der Waals surface area contributed by atoms with Crippen LogP contribution in [0.5, 0.6) is 11.5 Å². The number of amides is 1. The first-order valence-corrected chi connectivity index (χ1v) is 7.28. The molecule has 0 saturated heterocycles. The largest absolute Gasteiger partial charge is 0.493 e. The molecule has 0 fully saturated rings. The first-order chi connectivity index (χ1) is 10.6. The van der Waals surface area contributed by atoms with E-state index >= 15 is 0 Å². The Bertz CT molecular complexity index is 635. The van der Waals surface area contributed by atoms with Crippen LogP contribution in [-0.4, -0.2) is 19.6 Å². The summed E-state index contributed by atoms with van der Waals surface area (Å²) in [7, 11) is 1.58. The molecule has 0 aromatic heterocycles. The molecule has 22 heavy (non-hydrogen) atoms. The van der Waals surface area contributed by atoms with Gasteiger partial charge in [0.05, 0.1) is 20.1 Å². The lowest BCUT2D eigenvalue weighted by Gasteiger charge is -2.12. The van der Waals surface area contributed by atoms with Crippen LogP contribution in [0.25, 0.3) is 0 Å². The van der Waals surface area contributed by atoms with Crippen LogP contribution in [0.3, 0.4) is 0 Å². The van der Waals surface area contributed by atoms with Crippen molar-refractivity contribution < 1.29 is 14.3 Å². The Kier molecular flexibility index (Phi) is 5.42. The van der Waals surface area contributed by atoms with E-state index in [0.29, 0.717) is 30.2 Å². The summed E-state index contributed by atoms with van der Waals surface area (Å²) < 4.78 is 10.7. The number of benzene rings is 2. The highest BCUT2D eigenvalue weighted by atomic mass is 16.5. The molecule has 0 aliphatic heterocycles. The molecule has 0 unspecified atom stereocenters. The van der Waals surface area contributed by atoms with E-state index in [-0.39, 0.29) is 5.91 Å². The normalized spacial score (nSPS) is 10.1. The van der Waals surface area contributed by atoms with Gasteiger partial charge in [0.1, 0.15) is 0 Å². The molecular weight excluding hydrogens is 278 g/mol. The number of carbonyl (C=O) groups is 1. The van der Waals surface area contributed by atoms with E-state index in [1.165, 1.54) is 5.56 Å². The standard InChI is InChI=1S/C18H21NO3/c1-4-22-16-10-9-15(12-17(16)21-3)19-18(20)11-14-7-5-13(2)6-8-14/h5-10,12H,4,11H2,1-3H3,(H,19,20). The molecule has 0 aliphatic rings. The Hall–Kier alpha value is -2.49. The number of aryl methyl sites for hydroxylation is 1. The molecular formula is C18H21NO3. The SMILES string of the molecule is CCOc1ccc(NC(=O)Cc2ccc(C)cc2)cc1OC. The van der Waals surface area contributed by atoms with Gasteiger partial charge in [0.2, 0.25) is 5.91 Å². The third-order valence-corrected chi connectivity index (χ3v) is 3.23. The molecule has 2 aromatic carbocycles. The molecule has 0 heterocycles. The predicted octanol–water partition coefficient (Wildman–Crippen LogP) is 3.58. The Morgan fingerprint density at radius 3 is 2.45 bits per heavy atom. The van der Waals surface area contributed by atoms with Crippen molar-refractivity contribution in [3.63, 3.8) is 0 Å². The third kappa shape index (κ3) is 4.25. The summed E-state index contributed by atoms with van der Waals surface area (Å²) in [4.78, 5) is 12.1. The van der Waals surface area contributed by atoms with Crippen LogP contribution < -0.4 is 14.8 Å². The number of carbonyl (C=O) groups excluding carboxylic acids is 1. The molecule has 0 spiro atoms. The first-order valence-electron chi connectivity index (χ1n) is 7.28. The van der Waals surface area contributed by atoms with E-state index in [2.05, 4.69) is 5.32 Å². The molecule has 0 radical (unpaired) electrons. The number of ether oxygens (including phenoxy) is 2. The second-order valence-corrected chi connectivity index (χ2v) is 5.01. The Morgan fingerprint density at radius 1 is 1.09 bits per heavy atom. The zero-order chi connectivity index (χ0) is 15.9. The number of hydrogen-bond donors (Lipinski definition) is 1. The van der Waals surface area contributed by atoms with Gasteiger partial charge in [-0.2, -0.15) is 0 Å². The van der Waals surface area contributed by atoms with E-state index in [1.54, 1.807) is 25.3 Å². The van der Waals surface area contributed by atoms with Gasteiger partial charge in [0.15, 0.2) is 11.5 Å². The van der Waals surface area contributed by atoms with Crippen molar-refractivity contribution in [1.82, 2.24) is 0 Å². The van der Waals surface area contributed by atoms with Crippen molar-refractivity contribution >= 4 is 11.6 Å². The summed E-state index contributed by atoms with van der Waals surface area (Å²) >= 11 is 0. The highest BCUT2D eigenvalue weighted by Gasteiger charge is 2.08. The molecule has 0 aliphatic carbocycles. The molecule has 116 valence electrons. The minimum Gasteiger partial charge on any atom is -0.493 e. The van der Waals surface area contributed by atoms with Crippen LogP contribution in [0, 0.1) is 6.92 Å². The van der Waals surface area contributed by atoms with Crippen molar-refractivity contribution in [1.29, 1.82) is 0 Å². The average Bonchev–Trinajstić information content (AvgIpc) is 2.51. The molecule has 1 amide bonds. The molecule has 4 nitrogen and oxygen atoms in total. The molecule has 1 N–H and O–H groups in total. The minimum absolute atomic E-state index is 0.0601. The van der Waals surface area contributed by atoms with Crippen molar-refractivity contribution in [3.05, 3.63) is 53.6 Å². The fraction of sp³-hybridized carbons (Fsp3) is 0.278. The monoisotopic (exact) mass is 299 g/mol. The lowest BCUT2D eigenvalue weighted by Crippen LogP contribution is -2.14. The van der Waals surface area contributed by atoms with Gasteiger partial charge in [-0.3, -0.25) is 4.79 Å².